The Morgan fingerprint density at radius 1 is 1.25 bits per heavy atom. The van der Waals surface area contributed by atoms with Gasteiger partial charge < -0.3 is 9.53 Å². The fourth-order valence-electron chi connectivity index (χ4n) is 3.46. The molecule has 2 rings (SSSR count). The van der Waals surface area contributed by atoms with Gasteiger partial charge in [-0.15, -0.1) is 0 Å². The highest BCUT2D eigenvalue weighted by molar-refractivity contribution is 14.1. The number of halogens is 1. The molecule has 0 amide bonds. The maximum atomic E-state index is 10.3. The Morgan fingerprint density at radius 3 is 2.95 bits per heavy atom. The molecular formula is C16H26INO2. The molecule has 0 radical (unpaired) electrons. The van der Waals surface area contributed by atoms with Gasteiger partial charge in [-0.2, -0.15) is 0 Å². The van der Waals surface area contributed by atoms with Crippen molar-refractivity contribution in [1.29, 1.82) is 0 Å². The smallest absolute Gasteiger partial charge is 0.119 e. The summed E-state index contributed by atoms with van der Waals surface area (Å²) in [6, 6.07) is 0. The van der Waals surface area contributed by atoms with Crippen molar-refractivity contribution in [3.8, 4) is 0 Å². The van der Waals surface area contributed by atoms with Gasteiger partial charge in [0.1, 0.15) is 12.5 Å². The fraction of sp³-hybridized carbons (Fsp3) is 0.812. The van der Waals surface area contributed by atoms with Crippen molar-refractivity contribution in [2.24, 2.45) is 5.92 Å². The molecule has 0 aliphatic carbocycles. The number of hydrogen-bond acceptors (Lipinski definition) is 3. The van der Waals surface area contributed by atoms with Gasteiger partial charge in [0, 0.05) is 19.5 Å². The number of hydrogen-bond donors (Lipinski definition) is 0. The van der Waals surface area contributed by atoms with Crippen LogP contribution in [0.2, 0.25) is 0 Å². The Labute approximate surface area is 136 Å². The Hall–Kier alpha value is 0.0600. The number of likely N-dealkylation sites (tertiary alicyclic amines) is 1. The van der Waals surface area contributed by atoms with Gasteiger partial charge in [-0.1, -0.05) is 35.1 Å². The van der Waals surface area contributed by atoms with E-state index >= 15 is 0 Å². The summed E-state index contributed by atoms with van der Waals surface area (Å²) in [5, 5.41) is 0. The number of aldehydes is 1. The van der Waals surface area contributed by atoms with Gasteiger partial charge in [0.25, 0.3) is 0 Å². The molecule has 4 heteroatoms. The second-order valence-electron chi connectivity index (χ2n) is 5.94. The van der Waals surface area contributed by atoms with Crippen LogP contribution in [0, 0.1) is 5.92 Å². The number of rotatable bonds is 7. The predicted octanol–water partition coefficient (Wildman–Crippen LogP) is 3.91. The van der Waals surface area contributed by atoms with E-state index in [1.54, 1.807) is 0 Å². The molecule has 0 aromatic rings. The minimum Gasteiger partial charge on any atom is -0.360 e. The zero-order chi connectivity index (χ0) is 14.2. The molecule has 20 heavy (non-hydrogen) atoms. The SMILES string of the molecule is O=CCCCC[C@@H]1CC[C@@H]2CCCN(C/C=C/I)[C@@H]2O1. The van der Waals surface area contributed by atoms with Crippen LogP contribution in [0.4, 0.5) is 0 Å². The Kier molecular flexibility index (Phi) is 7.52. The van der Waals surface area contributed by atoms with Crippen molar-refractivity contribution >= 4 is 28.9 Å². The Morgan fingerprint density at radius 2 is 2.15 bits per heavy atom. The van der Waals surface area contributed by atoms with Crippen molar-refractivity contribution in [2.75, 3.05) is 13.1 Å². The minimum absolute atomic E-state index is 0.334. The van der Waals surface area contributed by atoms with E-state index in [-0.39, 0.29) is 0 Å². The topological polar surface area (TPSA) is 29.5 Å². The zero-order valence-corrected chi connectivity index (χ0v) is 14.3. The van der Waals surface area contributed by atoms with Crippen molar-refractivity contribution in [3.05, 3.63) is 10.2 Å². The molecule has 2 aliphatic rings. The first-order valence-electron chi connectivity index (χ1n) is 7.93. The van der Waals surface area contributed by atoms with E-state index in [0.717, 1.165) is 38.0 Å². The van der Waals surface area contributed by atoms with Crippen LogP contribution in [-0.2, 0) is 9.53 Å². The lowest BCUT2D eigenvalue weighted by Gasteiger charge is -2.46. The zero-order valence-electron chi connectivity index (χ0n) is 12.2. The van der Waals surface area contributed by atoms with Crippen LogP contribution >= 0.6 is 22.6 Å². The summed E-state index contributed by atoms with van der Waals surface area (Å²) in [7, 11) is 0. The van der Waals surface area contributed by atoms with E-state index in [1.807, 2.05) is 0 Å². The number of nitrogens with zero attached hydrogens (tertiary/aromatic N) is 1. The molecule has 2 aliphatic heterocycles. The number of carbonyl (C=O) groups excluding carboxylic acids is 1. The third kappa shape index (κ3) is 4.81. The molecule has 3 atom stereocenters. The van der Waals surface area contributed by atoms with Gasteiger partial charge in [-0.05, 0) is 48.5 Å². The van der Waals surface area contributed by atoms with Gasteiger partial charge >= 0.3 is 0 Å². The summed E-state index contributed by atoms with van der Waals surface area (Å²) in [4.78, 5) is 12.8. The van der Waals surface area contributed by atoms with E-state index < -0.39 is 0 Å². The van der Waals surface area contributed by atoms with Gasteiger partial charge in [0.15, 0.2) is 0 Å². The summed E-state index contributed by atoms with van der Waals surface area (Å²) in [6.45, 7) is 2.18. The molecule has 3 nitrogen and oxygen atoms in total. The number of piperidine rings is 1. The highest BCUT2D eigenvalue weighted by Crippen LogP contribution is 2.35. The molecule has 0 aromatic heterocycles. The number of carbonyl (C=O) groups is 1. The molecule has 0 spiro atoms. The van der Waals surface area contributed by atoms with Gasteiger partial charge in [-0.3, -0.25) is 4.90 Å². The standard InChI is InChI=1S/C16H26INO2/c17-10-5-12-18-11-4-6-14-8-9-15(20-16(14)18)7-2-1-3-13-19/h5,10,13-16H,1-4,6-9,11-12H2/b10-5+/t14-,15+,16+/m0/s1. The normalized spacial score (nSPS) is 31.4. The van der Waals surface area contributed by atoms with Crippen LogP contribution < -0.4 is 0 Å². The van der Waals surface area contributed by atoms with Crippen LogP contribution in [0.25, 0.3) is 0 Å². The fourth-order valence-corrected chi connectivity index (χ4v) is 3.68. The summed E-state index contributed by atoms with van der Waals surface area (Å²) < 4.78 is 8.48. The molecule has 2 saturated heterocycles. The van der Waals surface area contributed by atoms with Gasteiger partial charge in [0.2, 0.25) is 0 Å². The first kappa shape index (κ1) is 16.4. The maximum Gasteiger partial charge on any atom is 0.119 e. The van der Waals surface area contributed by atoms with E-state index in [0.29, 0.717) is 18.8 Å². The molecule has 114 valence electrons. The summed E-state index contributed by atoms with van der Waals surface area (Å²) >= 11 is 2.28. The Balaban J connectivity index is 1.81. The first-order chi connectivity index (χ1) is 9.85. The number of fused-ring (bicyclic) bond motifs is 1. The van der Waals surface area contributed by atoms with Crippen molar-refractivity contribution < 1.29 is 9.53 Å². The maximum absolute atomic E-state index is 10.3. The largest absolute Gasteiger partial charge is 0.360 e. The van der Waals surface area contributed by atoms with E-state index in [4.69, 9.17) is 4.74 Å². The molecule has 0 saturated carbocycles. The Bertz CT molecular complexity index is 322. The van der Waals surface area contributed by atoms with Crippen molar-refractivity contribution in [3.63, 3.8) is 0 Å². The van der Waals surface area contributed by atoms with Crippen molar-refractivity contribution in [1.82, 2.24) is 4.90 Å². The second-order valence-corrected chi connectivity index (χ2v) is 6.66. The molecule has 2 heterocycles. The predicted molar refractivity (Wildman–Crippen MR) is 89.9 cm³/mol. The van der Waals surface area contributed by atoms with E-state index in [9.17, 15) is 4.79 Å². The number of ether oxygens (including phenoxy) is 1. The van der Waals surface area contributed by atoms with Crippen LogP contribution in [0.5, 0.6) is 0 Å². The monoisotopic (exact) mass is 391 g/mol. The average Bonchev–Trinajstić information content (AvgIpc) is 2.49. The molecule has 2 fully saturated rings. The van der Waals surface area contributed by atoms with E-state index in [2.05, 4.69) is 37.6 Å². The third-order valence-corrected chi connectivity index (χ3v) is 5.01. The third-order valence-electron chi connectivity index (χ3n) is 4.50. The summed E-state index contributed by atoms with van der Waals surface area (Å²) in [6.07, 6.45) is 13.1. The highest BCUT2D eigenvalue weighted by Gasteiger charge is 2.36. The van der Waals surface area contributed by atoms with Crippen LogP contribution in [0.15, 0.2) is 10.2 Å². The van der Waals surface area contributed by atoms with Gasteiger partial charge in [0.05, 0.1) is 6.10 Å². The quantitative estimate of drug-likeness (QED) is 0.375. The summed E-state index contributed by atoms with van der Waals surface area (Å²) in [5.74, 6) is 0.734. The second kappa shape index (κ2) is 9.15. The lowest BCUT2D eigenvalue weighted by atomic mass is 9.86. The van der Waals surface area contributed by atoms with Crippen molar-refractivity contribution in [2.45, 2.75) is 63.7 Å². The van der Waals surface area contributed by atoms with Crippen LogP contribution in [-0.4, -0.2) is 36.6 Å². The molecular weight excluding hydrogens is 365 g/mol. The lowest BCUT2D eigenvalue weighted by Crippen LogP contribution is -2.51. The molecule has 0 bridgehead atoms. The van der Waals surface area contributed by atoms with Gasteiger partial charge in [-0.25, -0.2) is 0 Å². The first-order valence-corrected chi connectivity index (χ1v) is 9.18. The molecule has 0 N–H and O–H groups in total. The van der Waals surface area contributed by atoms with E-state index in [1.165, 1.54) is 32.2 Å². The minimum atomic E-state index is 0.334. The highest BCUT2D eigenvalue weighted by atomic mass is 127. The number of unbranched alkanes of at least 4 members (excludes halogenated alkanes) is 2. The van der Waals surface area contributed by atoms with Crippen LogP contribution in [0.1, 0.15) is 51.4 Å². The van der Waals surface area contributed by atoms with Crippen LogP contribution in [0.3, 0.4) is 0 Å². The average molecular weight is 391 g/mol. The summed E-state index contributed by atoms with van der Waals surface area (Å²) in [5.41, 5.74) is 0. The lowest BCUT2D eigenvalue weighted by molar-refractivity contribution is -0.173. The molecule has 0 aromatic carbocycles. The molecule has 0 unspecified atom stereocenters.